The third-order valence-electron chi connectivity index (χ3n) is 3.03. The first-order valence-electron chi connectivity index (χ1n) is 5.79. The summed E-state index contributed by atoms with van der Waals surface area (Å²) in [5.41, 5.74) is 10.3. The van der Waals surface area contributed by atoms with Gasteiger partial charge in [-0.25, -0.2) is 0 Å². The van der Waals surface area contributed by atoms with Gasteiger partial charge in [-0.2, -0.15) is 0 Å². The van der Waals surface area contributed by atoms with E-state index >= 15 is 0 Å². The average Bonchev–Trinajstić information content (AvgIpc) is 2.29. The van der Waals surface area contributed by atoms with Crippen LogP contribution in [0.3, 0.4) is 0 Å². The third-order valence-corrected chi connectivity index (χ3v) is 3.03. The fourth-order valence-electron chi connectivity index (χ4n) is 2.25. The Morgan fingerprint density at radius 2 is 2.24 bits per heavy atom. The maximum absolute atomic E-state index is 11.5. The Kier molecular flexibility index (Phi) is 3.45. The van der Waals surface area contributed by atoms with E-state index in [1.54, 1.807) is 7.11 Å². The molecular weight excluding hydrogens is 216 g/mol. The van der Waals surface area contributed by atoms with Gasteiger partial charge in [0.1, 0.15) is 0 Å². The first-order chi connectivity index (χ1) is 8.11. The number of anilines is 1. The fraction of sp³-hybridized carbons (Fsp3) is 0.462. The largest absolute Gasteiger partial charge is 0.383 e. The fourth-order valence-corrected chi connectivity index (χ4v) is 2.25. The number of amides is 1. The first-order valence-corrected chi connectivity index (χ1v) is 5.79. The molecule has 1 aliphatic heterocycles. The Labute approximate surface area is 101 Å². The van der Waals surface area contributed by atoms with Crippen molar-refractivity contribution < 1.29 is 9.53 Å². The Morgan fingerprint density at radius 3 is 2.94 bits per heavy atom. The third kappa shape index (κ3) is 2.48. The molecule has 17 heavy (non-hydrogen) atoms. The van der Waals surface area contributed by atoms with Gasteiger partial charge in [-0.3, -0.25) is 4.79 Å². The topological polar surface area (TPSA) is 64.3 Å². The van der Waals surface area contributed by atoms with Crippen LogP contribution in [0.15, 0.2) is 12.1 Å². The Morgan fingerprint density at radius 1 is 1.47 bits per heavy atom. The van der Waals surface area contributed by atoms with Crippen LogP contribution >= 0.6 is 0 Å². The number of nitrogens with two attached hydrogens (primary N) is 1. The van der Waals surface area contributed by atoms with Gasteiger partial charge in [0.15, 0.2) is 0 Å². The second kappa shape index (κ2) is 4.85. The molecule has 1 amide bonds. The highest BCUT2D eigenvalue weighted by Gasteiger charge is 2.21. The van der Waals surface area contributed by atoms with Crippen LogP contribution in [0, 0.1) is 6.92 Å². The molecule has 1 aromatic carbocycles. The summed E-state index contributed by atoms with van der Waals surface area (Å²) in [4.78, 5) is 11.5. The van der Waals surface area contributed by atoms with Crippen molar-refractivity contribution in [2.45, 2.75) is 25.8 Å². The maximum atomic E-state index is 11.5. The van der Waals surface area contributed by atoms with Crippen LogP contribution in [0.5, 0.6) is 0 Å². The van der Waals surface area contributed by atoms with E-state index in [0.717, 1.165) is 17.7 Å². The van der Waals surface area contributed by atoms with E-state index in [1.165, 1.54) is 11.1 Å². The lowest BCUT2D eigenvalue weighted by Crippen LogP contribution is -2.24. The summed E-state index contributed by atoms with van der Waals surface area (Å²) < 4.78 is 5.08. The van der Waals surface area contributed by atoms with E-state index in [9.17, 15) is 4.79 Å². The summed E-state index contributed by atoms with van der Waals surface area (Å²) in [5.74, 6) is 0.0622. The number of rotatable bonds is 3. The monoisotopic (exact) mass is 234 g/mol. The molecule has 2 rings (SSSR count). The van der Waals surface area contributed by atoms with Crippen molar-refractivity contribution in [2.24, 2.45) is 5.73 Å². The van der Waals surface area contributed by atoms with Crippen LogP contribution in [-0.2, 0) is 16.0 Å². The molecule has 4 heteroatoms. The summed E-state index contributed by atoms with van der Waals surface area (Å²) in [7, 11) is 1.63. The maximum Gasteiger partial charge on any atom is 0.224 e. The summed E-state index contributed by atoms with van der Waals surface area (Å²) in [5, 5.41) is 2.92. The Balaban J connectivity index is 2.43. The summed E-state index contributed by atoms with van der Waals surface area (Å²) >= 11 is 0. The quantitative estimate of drug-likeness (QED) is 0.833. The molecule has 1 unspecified atom stereocenters. The summed E-state index contributed by atoms with van der Waals surface area (Å²) in [6, 6.07) is 3.93. The highest BCUT2D eigenvalue weighted by Crippen LogP contribution is 2.31. The van der Waals surface area contributed by atoms with Gasteiger partial charge in [-0.05, 0) is 24.5 Å². The number of hydrogen-bond donors (Lipinski definition) is 2. The number of fused-ring (bicyclic) bond motifs is 1. The molecule has 0 radical (unpaired) electrons. The van der Waals surface area contributed by atoms with E-state index in [0.29, 0.717) is 13.0 Å². The predicted octanol–water partition coefficient (Wildman–Crippen LogP) is 1.53. The normalized spacial score (nSPS) is 16.3. The minimum absolute atomic E-state index is 0.0622. The smallest absolute Gasteiger partial charge is 0.224 e. The molecule has 1 atom stereocenters. The van der Waals surface area contributed by atoms with Crippen molar-refractivity contribution in [3.8, 4) is 0 Å². The zero-order valence-electron chi connectivity index (χ0n) is 10.2. The number of nitrogens with one attached hydrogen (secondary N) is 1. The standard InChI is InChI=1S/C13H18N2O2/c1-8-5-9-3-4-12(16)15-13(9)10(6-8)11(14)7-17-2/h5-6,11H,3-4,7,14H2,1-2H3,(H,15,16). The second-order valence-corrected chi connectivity index (χ2v) is 4.50. The number of methoxy groups -OCH3 is 1. The van der Waals surface area contributed by atoms with Gasteiger partial charge >= 0.3 is 0 Å². The molecule has 0 bridgehead atoms. The van der Waals surface area contributed by atoms with Crippen molar-refractivity contribution in [2.75, 3.05) is 19.0 Å². The van der Waals surface area contributed by atoms with Gasteiger partial charge in [0.25, 0.3) is 0 Å². The zero-order chi connectivity index (χ0) is 12.4. The molecule has 0 fully saturated rings. The first kappa shape index (κ1) is 12.1. The molecule has 0 saturated carbocycles. The molecule has 0 saturated heterocycles. The summed E-state index contributed by atoms with van der Waals surface area (Å²) in [6.07, 6.45) is 1.34. The zero-order valence-corrected chi connectivity index (χ0v) is 10.2. The molecule has 92 valence electrons. The lowest BCUT2D eigenvalue weighted by Gasteiger charge is -2.24. The molecule has 1 aliphatic rings. The van der Waals surface area contributed by atoms with Crippen LogP contribution in [0.1, 0.15) is 29.2 Å². The van der Waals surface area contributed by atoms with Crippen LogP contribution in [-0.4, -0.2) is 19.6 Å². The molecule has 0 aromatic heterocycles. The predicted molar refractivity (Wildman–Crippen MR) is 66.9 cm³/mol. The number of ether oxygens (including phenoxy) is 1. The van der Waals surface area contributed by atoms with E-state index < -0.39 is 0 Å². The van der Waals surface area contributed by atoms with Crippen LogP contribution in [0.4, 0.5) is 5.69 Å². The molecule has 4 nitrogen and oxygen atoms in total. The summed E-state index contributed by atoms with van der Waals surface area (Å²) in [6.45, 7) is 2.49. The second-order valence-electron chi connectivity index (χ2n) is 4.50. The number of carbonyl (C=O) groups excluding carboxylic acids is 1. The lowest BCUT2D eigenvalue weighted by atomic mass is 9.93. The minimum Gasteiger partial charge on any atom is -0.383 e. The Bertz CT molecular complexity index is 443. The van der Waals surface area contributed by atoms with Crippen molar-refractivity contribution >= 4 is 11.6 Å². The van der Waals surface area contributed by atoms with E-state index in [-0.39, 0.29) is 11.9 Å². The van der Waals surface area contributed by atoms with Gasteiger partial charge in [-0.1, -0.05) is 17.7 Å². The number of carbonyl (C=O) groups is 1. The van der Waals surface area contributed by atoms with Gasteiger partial charge < -0.3 is 15.8 Å². The van der Waals surface area contributed by atoms with Crippen molar-refractivity contribution in [3.63, 3.8) is 0 Å². The van der Waals surface area contributed by atoms with Crippen LogP contribution in [0.25, 0.3) is 0 Å². The van der Waals surface area contributed by atoms with Gasteiger partial charge in [0, 0.05) is 19.2 Å². The molecular formula is C13H18N2O2. The minimum atomic E-state index is -0.202. The van der Waals surface area contributed by atoms with Crippen molar-refractivity contribution in [3.05, 3.63) is 28.8 Å². The van der Waals surface area contributed by atoms with Crippen LogP contribution < -0.4 is 11.1 Å². The van der Waals surface area contributed by atoms with E-state index in [2.05, 4.69) is 11.4 Å². The van der Waals surface area contributed by atoms with Gasteiger partial charge in [0.2, 0.25) is 5.91 Å². The van der Waals surface area contributed by atoms with Crippen molar-refractivity contribution in [1.29, 1.82) is 0 Å². The molecule has 3 N–H and O–H groups in total. The number of aryl methyl sites for hydroxylation is 2. The Hall–Kier alpha value is -1.39. The van der Waals surface area contributed by atoms with Crippen LogP contribution in [0.2, 0.25) is 0 Å². The molecule has 0 spiro atoms. The molecule has 1 heterocycles. The average molecular weight is 234 g/mol. The number of hydrogen-bond acceptors (Lipinski definition) is 3. The molecule has 0 aliphatic carbocycles. The van der Waals surface area contributed by atoms with Crippen molar-refractivity contribution in [1.82, 2.24) is 0 Å². The van der Waals surface area contributed by atoms with E-state index in [1.807, 2.05) is 13.0 Å². The lowest BCUT2D eigenvalue weighted by molar-refractivity contribution is -0.116. The van der Waals surface area contributed by atoms with E-state index in [4.69, 9.17) is 10.5 Å². The van der Waals surface area contributed by atoms with Gasteiger partial charge in [-0.15, -0.1) is 0 Å². The molecule has 1 aromatic rings. The SMILES string of the molecule is COCC(N)c1cc(C)cc2c1NC(=O)CC2. The number of benzene rings is 1. The highest BCUT2D eigenvalue weighted by atomic mass is 16.5. The highest BCUT2D eigenvalue weighted by molar-refractivity contribution is 5.95. The van der Waals surface area contributed by atoms with Gasteiger partial charge in [0.05, 0.1) is 12.6 Å².